The van der Waals surface area contributed by atoms with Crippen molar-refractivity contribution in [1.29, 1.82) is 0 Å². The molecule has 0 fully saturated rings. The van der Waals surface area contributed by atoms with Crippen LogP contribution in [0.4, 0.5) is 10.1 Å². The summed E-state index contributed by atoms with van der Waals surface area (Å²) in [7, 11) is 1.86. The van der Waals surface area contributed by atoms with Crippen molar-refractivity contribution in [2.24, 2.45) is 5.73 Å². The number of nitrogens with two attached hydrogens (primary N) is 1. The molecule has 2 nitrogen and oxygen atoms in total. The Labute approximate surface area is 117 Å². The zero-order valence-corrected chi connectivity index (χ0v) is 11.5. The normalized spacial score (nSPS) is 10.5. The molecule has 0 spiro atoms. The summed E-state index contributed by atoms with van der Waals surface area (Å²) in [4.78, 5) is 1.86. The van der Waals surface area contributed by atoms with E-state index in [4.69, 9.17) is 17.3 Å². The lowest BCUT2D eigenvalue weighted by atomic mass is 10.1. The van der Waals surface area contributed by atoms with Crippen LogP contribution < -0.4 is 10.6 Å². The van der Waals surface area contributed by atoms with E-state index in [0.29, 0.717) is 23.8 Å². The van der Waals surface area contributed by atoms with Gasteiger partial charge in [0.1, 0.15) is 5.82 Å². The summed E-state index contributed by atoms with van der Waals surface area (Å²) < 4.78 is 13.9. The average molecular weight is 279 g/mol. The number of rotatable bonds is 4. The molecule has 0 aliphatic rings. The Morgan fingerprint density at radius 3 is 2.32 bits per heavy atom. The second-order valence-electron chi connectivity index (χ2n) is 4.47. The molecule has 0 aromatic heterocycles. The maximum absolute atomic E-state index is 13.9. The standard InChI is InChI=1S/C15H16ClFN2/c1-19(10-11-2-5-13(16)6-3-11)15-7-4-12(9-18)8-14(15)17/h2-8H,9-10,18H2,1H3. The minimum absolute atomic E-state index is 0.251. The number of hydrogen-bond acceptors (Lipinski definition) is 2. The van der Waals surface area contributed by atoms with Crippen LogP contribution in [0.1, 0.15) is 11.1 Å². The minimum atomic E-state index is -0.251. The molecule has 0 unspecified atom stereocenters. The Balaban J connectivity index is 2.15. The van der Waals surface area contributed by atoms with Crippen LogP contribution in [0.15, 0.2) is 42.5 Å². The minimum Gasteiger partial charge on any atom is -0.368 e. The van der Waals surface area contributed by atoms with Crippen LogP contribution in [0, 0.1) is 5.82 Å². The highest BCUT2D eigenvalue weighted by atomic mass is 35.5. The molecule has 0 radical (unpaired) electrons. The van der Waals surface area contributed by atoms with Crippen LogP contribution in [-0.4, -0.2) is 7.05 Å². The molecule has 2 N–H and O–H groups in total. The molecule has 0 saturated carbocycles. The number of benzene rings is 2. The summed E-state index contributed by atoms with van der Waals surface area (Å²) in [6, 6.07) is 12.6. The molecule has 19 heavy (non-hydrogen) atoms. The predicted octanol–water partition coefficient (Wildman–Crippen LogP) is 3.57. The summed E-state index contributed by atoms with van der Waals surface area (Å²) in [6.45, 7) is 0.966. The molecule has 0 saturated heterocycles. The predicted molar refractivity (Wildman–Crippen MR) is 77.9 cm³/mol. The summed E-state index contributed by atoms with van der Waals surface area (Å²) in [5, 5.41) is 0.699. The maximum Gasteiger partial charge on any atom is 0.146 e. The Morgan fingerprint density at radius 1 is 1.11 bits per heavy atom. The van der Waals surface area contributed by atoms with E-state index in [1.165, 1.54) is 6.07 Å². The van der Waals surface area contributed by atoms with Crippen LogP contribution in [0.25, 0.3) is 0 Å². The van der Waals surface area contributed by atoms with Gasteiger partial charge in [-0.1, -0.05) is 29.8 Å². The molecule has 2 aromatic rings. The van der Waals surface area contributed by atoms with Gasteiger partial charge >= 0.3 is 0 Å². The number of nitrogens with zero attached hydrogens (tertiary/aromatic N) is 1. The molecule has 0 aliphatic heterocycles. The van der Waals surface area contributed by atoms with Gasteiger partial charge in [0.25, 0.3) is 0 Å². The van der Waals surface area contributed by atoms with E-state index in [9.17, 15) is 4.39 Å². The molecule has 4 heteroatoms. The van der Waals surface area contributed by atoms with E-state index in [-0.39, 0.29) is 5.82 Å². The Bertz CT molecular complexity index is 555. The van der Waals surface area contributed by atoms with E-state index in [0.717, 1.165) is 11.1 Å². The quantitative estimate of drug-likeness (QED) is 0.926. The van der Waals surface area contributed by atoms with Gasteiger partial charge in [-0.05, 0) is 35.4 Å². The Hall–Kier alpha value is -1.58. The van der Waals surface area contributed by atoms with Gasteiger partial charge < -0.3 is 10.6 Å². The number of hydrogen-bond donors (Lipinski definition) is 1. The van der Waals surface area contributed by atoms with Gasteiger partial charge in [-0.3, -0.25) is 0 Å². The van der Waals surface area contributed by atoms with Gasteiger partial charge in [0.05, 0.1) is 5.69 Å². The summed E-state index contributed by atoms with van der Waals surface area (Å²) in [5.41, 5.74) is 7.92. The first-order chi connectivity index (χ1) is 9.10. The number of anilines is 1. The highest BCUT2D eigenvalue weighted by molar-refractivity contribution is 6.30. The highest BCUT2D eigenvalue weighted by Crippen LogP contribution is 2.21. The van der Waals surface area contributed by atoms with Crippen LogP contribution >= 0.6 is 11.6 Å². The van der Waals surface area contributed by atoms with Gasteiger partial charge in [-0.15, -0.1) is 0 Å². The third-order valence-corrected chi connectivity index (χ3v) is 3.24. The lowest BCUT2D eigenvalue weighted by Gasteiger charge is -2.20. The fourth-order valence-electron chi connectivity index (χ4n) is 1.94. The van der Waals surface area contributed by atoms with Gasteiger partial charge in [0.2, 0.25) is 0 Å². The van der Waals surface area contributed by atoms with Crippen molar-refractivity contribution in [3.63, 3.8) is 0 Å². The zero-order valence-electron chi connectivity index (χ0n) is 10.7. The molecule has 100 valence electrons. The van der Waals surface area contributed by atoms with E-state index >= 15 is 0 Å². The van der Waals surface area contributed by atoms with Crippen molar-refractivity contribution in [3.05, 3.63) is 64.4 Å². The third kappa shape index (κ3) is 3.46. The third-order valence-electron chi connectivity index (χ3n) is 2.99. The summed E-state index contributed by atoms with van der Waals surface area (Å²) in [6.07, 6.45) is 0. The molecule has 0 amide bonds. The topological polar surface area (TPSA) is 29.3 Å². The van der Waals surface area contributed by atoms with Crippen molar-refractivity contribution in [2.45, 2.75) is 13.1 Å². The Morgan fingerprint density at radius 2 is 1.74 bits per heavy atom. The monoisotopic (exact) mass is 278 g/mol. The molecule has 0 atom stereocenters. The van der Waals surface area contributed by atoms with Crippen LogP contribution in [-0.2, 0) is 13.1 Å². The first kappa shape index (κ1) is 13.8. The van der Waals surface area contributed by atoms with E-state index in [1.54, 1.807) is 6.07 Å². The summed E-state index contributed by atoms with van der Waals surface area (Å²) in [5.74, 6) is -0.251. The summed E-state index contributed by atoms with van der Waals surface area (Å²) >= 11 is 5.84. The van der Waals surface area contributed by atoms with Gasteiger partial charge in [-0.25, -0.2) is 4.39 Å². The lowest BCUT2D eigenvalue weighted by molar-refractivity contribution is 0.620. The molecule has 2 aromatic carbocycles. The molecular formula is C15H16ClFN2. The highest BCUT2D eigenvalue weighted by Gasteiger charge is 2.08. The first-order valence-electron chi connectivity index (χ1n) is 6.04. The van der Waals surface area contributed by atoms with Gasteiger partial charge in [-0.2, -0.15) is 0 Å². The van der Waals surface area contributed by atoms with Crippen LogP contribution in [0.3, 0.4) is 0 Å². The van der Waals surface area contributed by atoms with Crippen molar-refractivity contribution in [1.82, 2.24) is 0 Å². The van der Waals surface area contributed by atoms with Crippen LogP contribution in [0.2, 0.25) is 5.02 Å². The van der Waals surface area contributed by atoms with Crippen molar-refractivity contribution in [3.8, 4) is 0 Å². The molecular weight excluding hydrogens is 263 g/mol. The van der Waals surface area contributed by atoms with Gasteiger partial charge in [0.15, 0.2) is 0 Å². The number of halogens is 2. The van der Waals surface area contributed by atoms with Crippen molar-refractivity contribution in [2.75, 3.05) is 11.9 Å². The van der Waals surface area contributed by atoms with E-state index < -0.39 is 0 Å². The van der Waals surface area contributed by atoms with E-state index in [2.05, 4.69) is 0 Å². The fraction of sp³-hybridized carbons (Fsp3) is 0.200. The second-order valence-corrected chi connectivity index (χ2v) is 4.91. The zero-order chi connectivity index (χ0) is 13.8. The second kappa shape index (κ2) is 6.04. The van der Waals surface area contributed by atoms with Crippen LogP contribution in [0.5, 0.6) is 0 Å². The largest absolute Gasteiger partial charge is 0.368 e. The Kier molecular flexibility index (Phi) is 4.40. The van der Waals surface area contributed by atoms with E-state index in [1.807, 2.05) is 42.3 Å². The van der Waals surface area contributed by atoms with Gasteiger partial charge in [0, 0.05) is 25.2 Å². The SMILES string of the molecule is CN(Cc1ccc(Cl)cc1)c1ccc(CN)cc1F. The molecule has 0 bridgehead atoms. The molecule has 2 rings (SSSR count). The molecule has 0 aliphatic carbocycles. The maximum atomic E-state index is 13.9. The lowest BCUT2D eigenvalue weighted by Crippen LogP contribution is -2.17. The van der Waals surface area contributed by atoms with Crippen molar-refractivity contribution < 1.29 is 4.39 Å². The first-order valence-corrected chi connectivity index (χ1v) is 6.42. The molecule has 0 heterocycles. The average Bonchev–Trinajstić information content (AvgIpc) is 2.41. The smallest absolute Gasteiger partial charge is 0.146 e. The fourth-order valence-corrected chi connectivity index (χ4v) is 2.06. The van der Waals surface area contributed by atoms with Crippen molar-refractivity contribution >= 4 is 17.3 Å².